The molecule has 4 nitrogen and oxygen atoms in total. The number of hydrogen-bond acceptors (Lipinski definition) is 1. The number of urea groups is 1. The number of nitrogens with one attached hydrogen (secondary N) is 1. The van der Waals surface area contributed by atoms with Gasteiger partial charge in [-0.2, -0.15) is 5.32 Å². The van der Waals surface area contributed by atoms with E-state index in [-0.39, 0.29) is 6.03 Å². The van der Waals surface area contributed by atoms with Crippen LogP contribution in [-0.2, 0) is 0 Å². The molecule has 25 heavy (non-hydrogen) atoms. The maximum absolute atomic E-state index is 12.6. The summed E-state index contributed by atoms with van der Waals surface area (Å²) >= 11 is 0. The van der Waals surface area contributed by atoms with Crippen LogP contribution >= 0.6 is 0 Å². The second-order valence-corrected chi connectivity index (χ2v) is 6.01. The van der Waals surface area contributed by atoms with Crippen LogP contribution in [0.3, 0.4) is 0 Å². The van der Waals surface area contributed by atoms with Crippen molar-refractivity contribution in [2.45, 2.75) is 0 Å². The van der Waals surface area contributed by atoms with E-state index in [1.807, 2.05) is 72.9 Å². The molecule has 1 N–H and O–H groups in total. The quantitative estimate of drug-likeness (QED) is 0.562. The van der Waals surface area contributed by atoms with Crippen LogP contribution in [0.2, 0.25) is 0 Å². The average Bonchev–Trinajstić information content (AvgIpc) is 3.24. The molecule has 1 radical (unpaired) electrons. The second kappa shape index (κ2) is 5.24. The number of H-pyrrole nitrogens is 1. The molecule has 4 aromatic rings. The number of fused-ring (bicyclic) bond motifs is 2. The maximum Gasteiger partial charge on any atom is 0.352 e. The van der Waals surface area contributed by atoms with Crippen molar-refractivity contribution < 1.29 is 4.79 Å². The molecule has 0 unspecified atom stereocenters. The zero-order chi connectivity index (χ0) is 16.8. The fraction of sp³-hybridized carbons (Fsp3) is 0. The van der Waals surface area contributed by atoms with Crippen molar-refractivity contribution in [2.75, 3.05) is 4.90 Å². The normalized spacial score (nSPS) is 14.2. The van der Waals surface area contributed by atoms with Crippen LogP contribution in [0.1, 0.15) is 5.56 Å². The van der Waals surface area contributed by atoms with E-state index in [1.54, 1.807) is 11.1 Å². The fourth-order valence-electron chi connectivity index (χ4n) is 3.44. The SMILES string of the molecule is O=C1[N]C=C(c2c[nH]c3ccccc23)N1c1cccc2ccccc12. The minimum atomic E-state index is -0.267. The molecule has 0 atom stereocenters. The van der Waals surface area contributed by atoms with Gasteiger partial charge in [0, 0.05) is 28.0 Å². The molecule has 1 aliphatic rings. The Hall–Kier alpha value is -3.53. The molecule has 1 aromatic heterocycles. The molecule has 0 spiro atoms. The summed E-state index contributed by atoms with van der Waals surface area (Å²) in [4.78, 5) is 17.5. The summed E-state index contributed by atoms with van der Waals surface area (Å²) in [6.45, 7) is 0. The lowest BCUT2D eigenvalue weighted by Gasteiger charge is -2.20. The summed E-state index contributed by atoms with van der Waals surface area (Å²) in [7, 11) is 0. The summed E-state index contributed by atoms with van der Waals surface area (Å²) in [5, 5.41) is 7.25. The number of nitrogens with zero attached hydrogens (tertiary/aromatic N) is 2. The third-order valence-corrected chi connectivity index (χ3v) is 4.60. The van der Waals surface area contributed by atoms with Crippen LogP contribution in [0, 0.1) is 0 Å². The Labute approximate surface area is 144 Å². The first-order chi connectivity index (χ1) is 12.3. The largest absolute Gasteiger partial charge is 0.360 e. The van der Waals surface area contributed by atoms with Crippen LogP contribution in [0.25, 0.3) is 27.4 Å². The number of aromatic amines is 1. The van der Waals surface area contributed by atoms with Gasteiger partial charge in [0.15, 0.2) is 0 Å². The number of benzene rings is 3. The Morgan fingerprint density at radius 2 is 1.60 bits per heavy atom. The minimum absolute atomic E-state index is 0.267. The predicted octanol–water partition coefficient (Wildman–Crippen LogP) is 4.86. The molecule has 0 saturated carbocycles. The van der Waals surface area contributed by atoms with Gasteiger partial charge in [-0.1, -0.05) is 54.6 Å². The summed E-state index contributed by atoms with van der Waals surface area (Å²) in [5.41, 5.74) is 3.65. The first-order valence-electron chi connectivity index (χ1n) is 8.12. The Morgan fingerprint density at radius 3 is 2.52 bits per heavy atom. The highest BCUT2D eigenvalue weighted by molar-refractivity contribution is 6.16. The Bertz CT molecular complexity index is 1150. The van der Waals surface area contributed by atoms with E-state index in [0.29, 0.717) is 0 Å². The molecule has 1 aliphatic heterocycles. The zero-order valence-corrected chi connectivity index (χ0v) is 13.3. The van der Waals surface area contributed by atoms with Crippen LogP contribution in [0.4, 0.5) is 10.5 Å². The van der Waals surface area contributed by atoms with Crippen molar-refractivity contribution in [3.63, 3.8) is 0 Å². The third-order valence-electron chi connectivity index (χ3n) is 4.60. The van der Waals surface area contributed by atoms with Gasteiger partial charge in [0.2, 0.25) is 0 Å². The summed E-state index contributed by atoms with van der Waals surface area (Å²) in [6, 6.07) is 21.8. The lowest BCUT2D eigenvalue weighted by atomic mass is 10.1. The Kier molecular flexibility index (Phi) is 2.91. The highest BCUT2D eigenvalue weighted by Crippen LogP contribution is 2.37. The molecule has 0 saturated heterocycles. The number of rotatable bonds is 2. The number of anilines is 1. The third kappa shape index (κ3) is 2.04. The second-order valence-electron chi connectivity index (χ2n) is 6.01. The van der Waals surface area contributed by atoms with Crippen LogP contribution in [0.5, 0.6) is 0 Å². The molecule has 119 valence electrons. The van der Waals surface area contributed by atoms with Gasteiger partial charge in [0.05, 0.1) is 17.6 Å². The maximum atomic E-state index is 12.6. The van der Waals surface area contributed by atoms with Gasteiger partial charge in [-0.3, -0.25) is 4.90 Å². The molecular weight excluding hydrogens is 310 g/mol. The van der Waals surface area contributed by atoms with E-state index in [4.69, 9.17) is 0 Å². The van der Waals surface area contributed by atoms with Crippen molar-refractivity contribution in [2.24, 2.45) is 0 Å². The number of carbonyl (C=O) groups is 1. The van der Waals surface area contributed by atoms with Gasteiger partial charge in [-0.25, -0.2) is 4.79 Å². The van der Waals surface area contributed by atoms with Gasteiger partial charge in [-0.15, -0.1) is 0 Å². The lowest BCUT2D eigenvalue weighted by molar-refractivity contribution is 0.252. The predicted molar refractivity (Wildman–Crippen MR) is 100 cm³/mol. The molecule has 0 bridgehead atoms. The van der Waals surface area contributed by atoms with E-state index in [0.717, 1.165) is 38.6 Å². The van der Waals surface area contributed by atoms with Gasteiger partial charge >= 0.3 is 6.03 Å². The standard InChI is InChI=1S/C21H14N3O/c25-21-23-13-20(17-12-22-18-10-4-3-9-16(17)18)24(21)19-11-5-7-14-6-1-2-8-15(14)19/h1-13,22H. The van der Waals surface area contributed by atoms with Crippen LogP contribution < -0.4 is 10.2 Å². The highest BCUT2D eigenvalue weighted by Gasteiger charge is 2.30. The molecule has 5 rings (SSSR count). The number of amides is 2. The van der Waals surface area contributed by atoms with Crippen molar-refractivity contribution in [3.05, 3.63) is 84.7 Å². The number of hydrogen-bond donors (Lipinski definition) is 1. The number of aromatic nitrogens is 1. The van der Waals surface area contributed by atoms with E-state index in [1.165, 1.54) is 0 Å². The first kappa shape index (κ1) is 13.9. The number of para-hydroxylation sites is 1. The zero-order valence-electron chi connectivity index (χ0n) is 13.3. The summed E-state index contributed by atoms with van der Waals surface area (Å²) < 4.78 is 0. The van der Waals surface area contributed by atoms with E-state index >= 15 is 0 Å². The van der Waals surface area contributed by atoms with E-state index in [9.17, 15) is 4.79 Å². The topological polar surface area (TPSA) is 50.2 Å². The van der Waals surface area contributed by atoms with Crippen molar-refractivity contribution >= 4 is 39.1 Å². The molecule has 4 heteroatoms. The van der Waals surface area contributed by atoms with Crippen LogP contribution in [0.15, 0.2) is 79.1 Å². The van der Waals surface area contributed by atoms with Crippen molar-refractivity contribution in [1.29, 1.82) is 0 Å². The fourth-order valence-corrected chi connectivity index (χ4v) is 3.44. The average molecular weight is 324 g/mol. The van der Waals surface area contributed by atoms with Gasteiger partial charge < -0.3 is 4.98 Å². The smallest absolute Gasteiger partial charge is 0.352 e. The lowest BCUT2D eigenvalue weighted by Crippen LogP contribution is -2.26. The molecular formula is C21H14N3O. The summed E-state index contributed by atoms with van der Waals surface area (Å²) in [6.07, 6.45) is 3.59. The monoisotopic (exact) mass is 324 g/mol. The van der Waals surface area contributed by atoms with Crippen molar-refractivity contribution in [1.82, 2.24) is 10.3 Å². The molecule has 2 heterocycles. The van der Waals surface area contributed by atoms with Gasteiger partial charge in [0.25, 0.3) is 0 Å². The summed E-state index contributed by atoms with van der Waals surface area (Å²) in [5.74, 6) is 0. The minimum Gasteiger partial charge on any atom is -0.360 e. The van der Waals surface area contributed by atoms with Gasteiger partial charge in [0.1, 0.15) is 0 Å². The Morgan fingerprint density at radius 1 is 0.840 bits per heavy atom. The van der Waals surface area contributed by atoms with E-state index < -0.39 is 0 Å². The first-order valence-corrected chi connectivity index (χ1v) is 8.12. The highest BCUT2D eigenvalue weighted by atomic mass is 16.2. The molecule has 0 fully saturated rings. The number of carbonyl (C=O) groups excluding carboxylic acids is 1. The molecule has 2 amide bonds. The van der Waals surface area contributed by atoms with E-state index in [2.05, 4.69) is 10.3 Å². The van der Waals surface area contributed by atoms with Gasteiger partial charge in [-0.05, 0) is 17.5 Å². The molecule has 0 aliphatic carbocycles. The van der Waals surface area contributed by atoms with Crippen LogP contribution in [-0.4, -0.2) is 11.0 Å². The Balaban J connectivity index is 1.72. The molecule has 3 aromatic carbocycles. The van der Waals surface area contributed by atoms with Crippen molar-refractivity contribution in [3.8, 4) is 0 Å².